The molecule has 0 atom stereocenters. The van der Waals surface area contributed by atoms with Gasteiger partial charge in [0.2, 0.25) is 0 Å². The summed E-state index contributed by atoms with van der Waals surface area (Å²) in [5, 5.41) is 3.87. The topological polar surface area (TPSA) is 104 Å². The Bertz CT molecular complexity index is 1590. The van der Waals surface area contributed by atoms with E-state index in [9.17, 15) is 8.42 Å². The largest absolute Gasteiger partial charge is 0.491 e. The molecule has 0 amide bonds. The number of ether oxygens (including phenoxy) is 2. The molecular weight excluding hydrogens is 526 g/mol. The van der Waals surface area contributed by atoms with E-state index >= 15 is 0 Å². The number of anilines is 1. The molecule has 0 spiro atoms. The molecule has 0 bridgehead atoms. The van der Waals surface area contributed by atoms with Crippen molar-refractivity contribution in [2.24, 2.45) is 0 Å². The molecular formula is C31H37N3O5S. The molecule has 4 aromatic rings. The number of rotatable bonds is 12. The second kappa shape index (κ2) is 12.6. The average Bonchev–Trinajstić information content (AvgIpc) is 3.24. The van der Waals surface area contributed by atoms with E-state index < -0.39 is 10.0 Å². The van der Waals surface area contributed by atoms with Crippen LogP contribution in [0.2, 0.25) is 0 Å². The maximum atomic E-state index is 13.5. The Morgan fingerprint density at radius 2 is 1.70 bits per heavy atom. The Morgan fingerprint density at radius 3 is 2.38 bits per heavy atom. The number of hydrogen-bond donors (Lipinski definition) is 1. The van der Waals surface area contributed by atoms with Gasteiger partial charge in [-0.05, 0) is 56.4 Å². The first-order chi connectivity index (χ1) is 19.2. The van der Waals surface area contributed by atoms with E-state index in [0.717, 1.165) is 53.8 Å². The second-order valence-corrected chi connectivity index (χ2v) is 11.5. The van der Waals surface area contributed by atoms with E-state index in [0.29, 0.717) is 35.0 Å². The van der Waals surface area contributed by atoms with Crippen molar-refractivity contribution >= 4 is 15.8 Å². The van der Waals surface area contributed by atoms with Crippen molar-refractivity contribution in [1.82, 2.24) is 10.1 Å². The van der Waals surface area contributed by atoms with Crippen molar-refractivity contribution in [3.8, 4) is 22.6 Å². The van der Waals surface area contributed by atoms with E-state index in [4.69, 9.17) is 14.0 Å². The molecule has 212 valence electrons. The fourth-order valence-electron chi connectivity index (χ4n) is 4.69. The highest BCUT2D eigenvalue weighted by atomic mass is 32.2. The standard InChI is InChI=1S/C31H37N3O5S/c1-7-11-24-17-23(19-38-28-18-25(12-8-2)32-21(4)30(28)37-6)15-16-26(24)27-13-9-10-14-29(27)40(35,36)34-31-20(3)22(5)39-33-31/h9-10,13-18H,7-8,11-12,19H2,1-6H3,(H,33,34). The van der Waals surface area contributed by atoms with Crippen LogP contribution in [0.15, 0.2) is 57.9 Å². The number of pyridine rings is 1. The maximum absolute atomic E-state index is 13.5. The SMILES string of the molecule is CCCc1cc(OCc2ccc(-c3ccccc3S(=O)(=O)Nc3noc(C)c3C)c(CCC)c2)c(OC)c(C)n1. The van der Waals surface area contributed by atoms with Crippen LogP contribution in [-0.4, -0.2) is 25.7 Å². The molecule has 0 aliphatic heterocycles. The van der Waals surface area contributed by atoms with Gasteiger partial charge in [0, 0.05) is 22.9 Å². The Morgan fingerprint density at radius 1 is 0.950 bits per heavy atom. The lowest BCUT2D eigenvalue weighted by Crippen LogP contribution is -2.15. The Balaban J connectivity index is 1.66. The highest BCUT2D eigenvalue weighted by molar-refractivity contribution is 7.92. The van der Waals surface area contributed by atoms with Crippen LogP contribution in [0.25, 0.3) is 11.1 Å². The molecule has 1 N–H and O–H groups in total. The minimum atomic E-state index is -3.93. The number of hydrogen-bond acceptors (Lipinski definition) is 7. The number of benzene rings is 2. The predicted octanol–water partition coefficient (Wildman–Crippen LogP) is 6.96. The Hall–Kier alpha value is -3.85. The average molecular weight is 564 g/mol. The van der Waals surface area contributed by atoms with E-state index in [1.54, 1.807) is 33.1 Å². The van der Waals surface area contributed by atoms with Gasteiger partial charge in [-0.15, -0.1) is 0 Å². The summed E-state index contributed by atoms with van der Waals surface area (Å²) >= 11 is 0. The Labute approximate surface area is 236 Å². The van der Waals surface area contributed by atoms with Crippen molar-refractivity contribution in [2.75, 3.05) is 11.8 Å². The van der Waals surface area contributed by atoms with E-state index in [1.165, 1.54) is 0 Å². The smallest absolute Gasteiger partial charge is 0.263 e. The summed E-state index contributed by atoms with van der Waals surface area (Å²) in [6.07, 6.45) is 3.54. The van der Waals surface area contributed by atoms with Crippen LogP contribution in [0.4, 0.5) is 5.82 Å². The molecule has 0 radical (unpaired) electrons. The Kier molecular flexibility index (Phi) is 9.14. The third-order valence-electron chi connectivity index (χ3n) is 6.81. The molecule has 0 unspecified atom stereocenters. The number of aromatic nitrogens is 2. The lowest BCUT2D eigenvalue weighted by Gasteiger charge is -2.17. The number of methoxy groups -OCH3 is 1. The molecule has 2 aromatic heterocycles. The molecule has 4 rings (SSSR count). The fraction of sp³-hybridized carbons (Fsp3) is 0.355. The van der Waals surface area contributed by atoms with E-state index in [1.807, 2.05) is 37.3 Å². The number of nitrogens with zero attached hydrogens (tertiary/aromatic N) is 2. The van der Waals surface area contributed by atoms with Gasteiger partial charge >= 0.3 is 0 Å². The first kappa shape index (κ1) is 29.1. The predicted molar refractivity (Wildman–Crippen MR) is 157 cm³/mol. The molecule has 9 heteroatoms. The van der Waals surface area contributed by atoms with Gasteiger partial charge in [-0.2, -0.15) is 0 Å². The lowest BCUT2D eigenvalue weighted by molar-refractivity contribution is 0.282. The third kappa shape index (κ3) is 6.31. The fourth-order valence-corrected chi connectivity index (χ4v) is 5.97. The van der Waals surface area contributed by atoms with E-state index in [-0.39, 0.29) is 10.7 Å². The zero-order valence-electron chi connectivity index (χ0n) is 24.0. The second-order valence-electron chi connectivity index (χ2n) is 9.82. The summed E-state index contributed by atoms with van der Waals surface area (Å²) in [5.41, 5.74) is 5.94. The molecule has 0 aliphatic carbocycles. The minimum Gasteiger partial charge on any atom is -0.491 e. The molecule has 2 aromatic carbocycles. The van der Waals surface area contributed by atoms with Crippen LogP contribution in [-0.2, 0) is 29.5 Å². The normalized spacial score (nSPS) is 11.4. The zero-order valence-corrected chi connectivity index (χ0v) is 24.8. The summed E-state index contributed by atoms with van der Waals surface area (Å²) in [7, 11) is -2.31. The quantitative estimate of drug-likeness (QED) is 0.199. The van der Waals surface area contributed by atoms with Gasteiger partial charge in [0.05, 0.1) is 17.7 Å². The van der Waals surface area contributed by atoms with Crippen LogP contribution in [0, 0.1) is 20.8 Å². The van der Waals surface area contributed by atoms with Crippen LogP contribution in [0.5, 0.6) is 11.5 Å². The van der Waals surface area contributed by atoms with Gasteiger partial charge in [-0.1, -0.05) is 68.2 Å². The van der Waals surface area contributed by atoms with Gasteiger partial charge in [-0.25, -0.2) is 8.42 Å². The third-order valence-corrected chi connectivity index (χ3v) is 8.21. The zero-order chi connectivity index (χ0) is 28.9. The summed E-state index contributed by atoms with van der Waals surface area (Å²) in [6, 6.07) is 15.0. The van der Waals surface area contributed by atoms with Crippen molar-refractivity contribution in [3.63, 3.8) is 0 Å². The maximum Gasteiger partial charge on any atom is 0.263 e. The molecule has 0 saturated carbocycles. The summed E-state index contributed by atoms with van der Waals surface area (Å²) in [6.45, 7) is 10.00. The number of nitrogens with one attached hydrogen (secondary N) is 1. The molecule has 0 aliphatic rings. The number of aryl methyl sites for hydroxylation is 4. The molecule has 2 heterocycles. The van der Waals surface area contributed by atoms with Gasteiger partial charge < -0.3 is 14.0 Å². The van der Waals surface area contributed by atoms with E-state index in [2.05, 4.69) is 34.8 Å². The minimum absolute atomic E-state index is 0.178. The monoisotopic (exact) mass is 563 g/mol. The summed E-state index contributed by atoms with van der Waals surface area (Å²) in [5.74, 6) is 2.06. The van der Waals surface area contributed by atoms with Crippen LogP contribution >= 0.6 is 0 Å². The molecule has 0 fully saturated rings. The van der Waals surface area contributed by atoms with Crippen molar-refractivity contribution in [3.05, 3.63) is 82.4 Å². The lowest BCUT2D eigenvalue weighted by atomic mass is 9.95. The van der Waals surface area contributed by atoms with Crippen molar-refractivity contribution in [1.29, 1.82) is 0 Å². The van der Waals surface area contributed by atoms with Gasteiger partial charge in [0.15, 0.2) is 17.3 Å². The van der Waals surface area contributed by atoms with Crippen LogP contribution in [0.1, 0.15) is 60.5 Å². The molecule has 0 saturated heterocycles. The van der Waals surface area contributed by atoms with Gasteiger partial charge in [-0.3, -0.25) is 9.71 Å². The first-order valence-electron chi connectivity index (χ1n) is 13.5. The highest BCUT2D eigenvalue weighted by Gasteiger charge is 2.23. The van der Waals surface area contributed by atoms with Crippen molar-refractivity contribution in [2.45, 2.75) is 71.8 Å². The van der Waals surface area contributed by atoms with Crippen LogP contribution in [0.3, 0.4) is 0 Å². The van der Waals surface area contributed by atoms with Gasteiger partial charge in [0.25, 0.3) is 10.0 Å². The summed E-state index contributed by atoms with van der Waals surface area (Å²) in [4.78, 5) is 4.80. The first-order valence-corrected chi connectivity index (χ1v) is 15.0. The van der Waals surface area contributed by atoms with Gasteiger partial charge in [0.1, 0.15) is 12.4 Å². The summed E-state index contributed by atoms with van der Waals surface area (Å²) < 4.78 is 46.5. The number of sulfonamides is 1. The molecule has 40 heavy (non-hydrogen) atoms. The van der Waals surface area contributed by atoms with Crippen LogP contribution < -0.4 is 14.2 Å². The molecule has 8 nitrogen and oxygen atoms in total. The van der Waals surface area contributed by atoms with Crippen molar-refractivity contribution < 1.29 is 22.4 Å². The highest BCUT2D eigenvalue weighted by Crippen LogP contribution is 2.34.